The van der Waals surface area contributed by atoms with Crippen molar-refractivity contribution < 1.29 is 39.1 Å². The molecule has 3 bridgehead atoms. The summed E-state index contributed by atoms with van der Waals surface area (Å²) in [7, 11) is 0. The summed E-state index contributed by atoms with van der Waals surface area (Å²) in [6, 6.07) is 9.88. The first kappa shape index (κ1) is 28.9. The van der Waals surface area contributed by atoms with Crippen molar-refractivity contribution in [3.8, 4) is 0 Å². The molecule has 3 saturated carbocycles. The molecule has 2 saturated heterocycles. The Morgan fingerprint density at radius 3 is 2.58 bits per heavy atom. The number of benzene rings is 1. The maximum absolute atomic E-state index is 13.8. The number of carbonyl (C=O) groups excluding carboxylic acids is 2. The molecule has 8 nitrogen and oxygen atoms in total. The molecule has 43 heavy (non-hydrogen) atoms. The highest BCUT2D eigenvalue weighted by Crippen LogP contribution is 2.80. The van der Waals surface area contributed by atoms with Crippen molar-refractivity contribution in [3.05, 3.63) is 77.9 Å². The Morgan fingerprint density at radius 2 is 1.93 bits per heavy atom. The number of hydrogen-bond donors (Lipinski definition) is 3. The van der Waals surface area contributed by atoms with Crippen LogP contribution in [0.15, 0.2) is 72.4 Å². The molecule has 3 N–H and O–H groups in total. The summed E-state index contributed by atoms with van der Waals surface area (Å²) >= 11 is 0. The third-order valence-corrected chi connectivity index (χ3v) is 11.9. The van der Waals surface area contributed by atoms with Gasteiger partial charge in [0.05, 0.1) is 12.7 Å². The maximum atomic E-state index is 13.8. The number of aliphatic hydroxyl groups excluding tert-OH is 2. The standard InChI is InChI=1S/C35H40O8/c1-19(2)35-28(41-22(5)37)21(4)33-17-32(43-35,14-10-9-13-23-11-7-6-8-12-23)42-29(35)26(33)24-16-31(24,18-36)30(39)34(40)25(33)15-20(3)27(34)38/h6-15,21,24-26,28-30,36,39-40H,1,16-18H2,2-5H3/b13-9+,14-10+/t21-,24+,25+,26+,28-,29-,30-,31-,32?,33-,34-,35+/m1/s1. The molecule has 0 radical (unpaired) electrons. The number of allylic oxidation sites excluding steroid dienone is 2. The van der Waals surface area contributed by atoms with E-state index < -0.39 is 69.7 Å². The van der Waals surface area contributed by atoms with E-state index in [1.165, 1.54) is 6.92 Å². The van der Waals surface area contributed by atoms with Gasteiger partial charge in [-0.1, -0.05) is 68.1 Å². The van der Waals surface area contributed by atoms with Crippen molar-refractivity contribution in [1.82, 2.24) is 0 Å². The van der Waals surface area contributed by atoms with Crippen LogP contribution in [-0.2, 0) is 23.8 Å². The lowest BCUT2D eigenvalue weighted by Gasteiger charge is -2.62. The van der Waals surface area contributed by atoms with E-state index in [-0.39, 0.29) is 24.9 Å². The molecule has 12 atom stereocenters. The van der Waals surface area contributed by atoms with Crippen LogP contribution < -0.4 is 0 Å². The van der Waals surface area contributed by atoms with Crippen molar-refractivity contribution in [1.29, 1.82) is 0 Å². The number of rotatable bonds is 6. The van der Waals surface area contributed by atoms with Gasteiger partial charge in [0.15, 0.2) is 22.8 Å². The highest BCUT2D eigenvalue weighted by molar-refractivity contribution is 6.05. The van der Waals surface area contributed by atoms with Gasteiger partial charge in [-0.15, -0.1) is 0 Å². The highest BCUT2D eigenvalue weighted by Gasteiger charge is 2.87. The summed E-state index contributed by atoms with van der Waals surface area (Å²) < 4.78 is 20.1. The molecule has 1 aromatic rings. The topological polar surface area (TPSA) is 123 Å². The summed E-state index contributed by atoms with van der Waals surface area (Å²) in [6.07, 6.45) is 7.12. The molecule has 4 aliphatic carbocycles. The van der Waals surface area contributed by atoms with Crippen LogP contribution in [0.25, 0.3) is 6.08 Å². The van der Waals surface area contributed by atoms with Crippen LogP contribution in [0.1, 0.15) is 46.1 Å². The molecule has 5 fully saturated rings. The van der Waals surface area contributed by atoms with Gasteiger partial charge >= 0.3 is 5.97 Å². The second kappa shape index (κ2) is 9.08. The molecule has 7 rings (SSSR count). The van der Waals surface area contributed by atoms with E-state index in [2.05, 4.69) is 6.58 Å². The Bertz CT molecular complexity index is 1500. The van der Waals surface area contributed by atoms with Crippen molar-refractivity contribution in [2.24, 2.45) is 34.5 Å². The van der Waals surface area contributed by atoms with Crippen molar-refractivity contribution >= 4 is 17.8 Å². The molecule has 0 amide bonds. The molecular formula is C35H40O8. The van der Waals surface area contributed by atoms with E-state index in [1.807, 2.05) is 68.5 Å². The molecule has 6 aliphatic rings. The van der Waals surface area contributed by atoms with Gasteiger partial charge in [0.1, 0.15) is 12.2 Å². The molecule has 0 aromatic heterocycles. The third-order valence-electron chi connectivity index (χ3n) is 11.9. The largest absolute Gasteiger partial charge is 0.459 e. The normalized spacial score (nSPS) is 49.0. The Hall–Kier alpha value is -2.88. The van der Waals surface area contributed by atoms with Gasteiger partial charge in [0.2, 0.25) is 0 Å². The smallest absolute Gasteiger partial charge is 0.303 e. The molecule has 8 heteroatoms. The minimum atomic E-state index is -2.15. The number of carbonyl (C=O) groups is 2. The fourth-order valence-corrected chi connectivity index (χ4v) is 10.1. The summed E-state index contributed by atoms with van der Waals surface area (Å²) in [5.74, 6) is -4.13. The van der Waals surface area contributed by atoms with Gasteiger partial charge in [-0.25, -0.2) is 0 Å². The summed E-state index contributed by atoms with van der Waals surface area (Å²) in [4.78, 5) is 26.4. The van der Waals surface area contributed by atoms with Crippen LogP contribution in [0.5, 0.6) is 0 Å². The number of Topliss-reactive ketones (excluding diaryl/α,β-unsaturated/α-hetero) is 1. The lowest BCUT2D eigenvalue weighted by Crippen LogP contribution is -2.72. The Balaban J connectivity index is 1.45. The van der Waals surface area contributed by atoms with Crippen LogP contribution in [0.4, 0.5) is 0 Å². The van der Waals surface area contributed by atoms with E-state index in [0.29, 0.717) is 17.6 Å². The second-order valence-corrected chi connectivity index (χ2v) is 13.9. The number of esters is 1. The first-order valence-electron chi connectivity index (χ1n) is 15.2. The lowest BCUT2D eigenvalue weighted by atomic mass is 9.45. The Labute approximate surface area is 251 Å². The van der Waals surface area contributed by atoms with E-state index in [9.17, 15) is 24.9 Å². The molecule has 228 valence electrons. The average Bonchev–Trinajstić information content (AvgIpc) is 3.60. The molecule has 2 heterocycles. The number of fused-ring (bicyclic) bond motifs is 3. The molecule has 1 unspecified atom stereocenters. The highest BCUT2D eigenvalue weighted by atomic mass is 16.8. The zero-order valence-electron chi connectivity index (χ0n) is 25.0. The SMILES string of the molecule is C=C(C)[C@@]12OC3(/C=C/C=C/c4ccccc4)C[C@@]4([C@H]([C@H]1O3)[C@@H]1C[C@]1(CO)[C@@H](O)[C@]1(O)C(=O)C(C)=C[C@H]14)[C@H](C)[C@H]2OC(C)=O. The first-order chi connectivity index (χ1) is 20.3. The van der Waals surface area contributed by atoms with Gasteiger partial charge in [-0.3, -0.25) is 9.59 Å². The predicted octanol–water partition coefficient (Wildman–Crippen LogP) is 3.52. The van der Waals surface area contributed by atoms with Gasteiger partial charge < -0.3 is 29.5 Å². The van der Waals surface area contributed by atoms with Crippen LogP contribution in [-0.4, -0.2) is 69.0 Å². The monoisotopic (exact) mass is 588 g/mol. The zero-order chi connectivity index (χ0) is 30.7. The third kappa shape index (κ3) is 3.39. The number of aliphatic hydroxyl groups is 3. The van der Waals surface area contributed by atoms with E-state index in [4.69, 9.17) is 14.2 Å². The fraction of sp³-hybridized carbons (Fsp3) is 0.543. The van der Waals surface area contributed by atoms with Gasteiger partial charge in [0.25, 0.3) is 0 Å². The van der Waals surface area contributed by atoms with Crippen LogP contribution in [0, 0.1) is 34.5 Å². The molecule has 0 spiro atoms. The fourth-order valence-electron chi connectivity index (χ4n) is 10.1. The van der Waals surface area contributed by atoms with Crippen molar-refractivity contribution in [2.75, 3.05) is 6.61 Å². The first-order valence-corrected chi connectivity index (χ1v) is 15.2. The Kier molecular flexibility index (Phi) is 6.10. The van der Waals surface area contributed by atoms with Gasteiger partial charge in [-0.2, -0.15) is 0 Å². The predicted molar refractivity (Wildman–Crippen MR) is 157 cm³/mol. The van der Waals surface area contributed by atoms with Crippen LogP contribution in [0.3, 0.4) is 0 Å². The van der Waals surface area contributed by atoms with E-state index >= 15 is 0 Å². The number of ether oxygens (including phenoxy) is 3. The minimum absolute atomic E-state index is 0.250. The number of ketones is 1. The average molecular weight is 589 g/mol. The second-order valence-electron chi connectivity index (χ2n) is 13.9. The minimum Gasteiger partial charge on any atom is -0.459 e. The number of hydrogen-bond acceptors (Lipinski definition) is 8. The lowest BCUT2D eigenvalue weighted by molar-refractivity contribution is -0.254. The van der Waals surface area contributed by atoms with Crippen molar-refractivity contribution in [2.45, 2.75) is 75.8 Å². The van der Waals surface area contributed by atoms with Crippen LogP contribution in [0.2, 0.25) is 0 Å². The van der Waals surface area contributed by atoms with Crippen molar-refractivity contribution in [3.63, 3.8) is 0 Å². The zero-order valence-corrected chi connectivity index (χ0v) is 25.0. The maximum Gasteiger partial charge on any atom is 0.303 e. The van der Waals surface area contributed by atoms with E-state index in [0.717, 1.165) is 5.56 Å². The molecule has 2 aliphatic heterocycles. The Morgan fingerprint density at radius 1 is 1.21 bits per heavy atom. The van der Waals surface area contributed by atoms with Crippen LogP contribution >= 0.6 is 0 Å². The summed E-state index contributed by atoms with van der Waals surface area (Å²) in [5.41, 5.74) is -3.29. The summed E-state index contributed by atoms with van der Waals surface area (Å²) in [6.45, 7) is 10.8. The van der Waals surface area contributed by atoms with Gasteiger partial charge in [-0.05, 0) is 60.3 Å². The summed E-state index contributed by atoms with van der Waals surface area (Å²) in [5, 5.41) is 35.0. The van der Waals surface area contributed by atoms with Gasteiger partial charge in [0, 0.05) is 30.6 Å². The van der Waals surface area contributed by atoms with E-state index in [1.54, 1.807) is 13.0 Å². The quantitative estimate of drug-likeness (QED) is 0.262. The molecular weight excluding hydrogens is 548 g/mol. The molecule has 1 aromatic carbocycles.